The number of thioether (sulfide) groups is 2. The fraction of sp³-hybridized carbons (Fsp3) is 0.375. The molecule has 0 aliphatic carbocycles. The molecule has 154 valence electrons. The summed E-state index contributed by atoms with van der Waals surface area (Å²) in [7, 11) is 1.28. The zero-order chi connectivity index (χ0) is 21.4. The summed E-state index contributed by atoms with van der Waals surface area (Å²) in [6.45, 7) is 0. The lowest BCUT2D eigenvalue weighted by atomic mass is 10.2. The molecule has 2 unspecified atom stereocenters. The van der Waals surface area contributed by atoms with Crippen molar-refractivity contribution in [1.82, 2.24) is 0 Å². The molecule has 1 rings (SSSR count). The van der Waals surface area contributed by atoms with Gasteiger partial charge in [-0.05, 0) is 17.7 Å². The monoisotopic (exact) mass is 434 g/mol. The van der Waals surface area contributed by atoms with Crippen LogP contribution in [0.5, 0.6) is 11.5 Å². The predicted octanol–water partition coefficient (Wildman–Crippen LogP) is 1.72. The summed E-state index contributed by atoms with van der Waals surface area (Å²) in [5.41, 5.74) is 0.331. The molecule has 1 aromatic rings. The molecule has 0 spiro atoms. The first-order valence-corrected chi connectivity index (χ1v) is 9.50. The van der Waals surface area contributed by atoms with Gasteiger partial charge in [0.2, 0.25) is 0 Å². The summed E-state index contributed by atoms with van der Waals surface area (Å²) in [6.07, 6.45) is -1.44. The van der Waals surface area contributed by atoms with Gasteiger partial charge in [-0.3, -0.25) is 19.2 Å². The van der Waals surface area contributed by atoms with Gasteiger partial charge < -0.3 is 30.3 Å². The highest BCUT2D eigenvalue weighted by atomic mass is 32.2. The van der Waals surface area contributed by atoms with Crippen LogP contribution < -0.4 is 4.74 Å². The minimum Gasteiger partial charge on any atom is -0.504 e. The first-order chi connectivity index (χ1) is 13.0. The van der Waals surface area contributed by atoms with Crippen molar-refractivity contribution in [3.05, 3.63) is 23.8 Å². The van der Waals surface area contributed by atoms with E-state index >= 15 is 0 Å². The van der Waals surface area contributed by atoms with Crippen molar-refractivity contribution in [1.29, 1.82) is 0 Å². The van der Waals surface area contributed by atoms with Crippen molar-refractivity contribution in [3.63, 3.8) is 0 Å². The summed E-state index contributed by atoms with van der Waals surface area (Å²) >= 11 is 1.33. The number of ether oxygens (including phenoxy) is 1. The SMILES string of the molecule is COc1cc(C(SC(CC(=O)O)C(=O)O)SC(CC(=O)O)C(=O)O)ccc1O. The predicted molar refractivity (Wildman–Crippen MR) is 99.9 cm³/mol. The number of hydrogen-bond donors (Lipinski definition) is 5. The highest BCUT2D eigenvalue weighted by molar-refractivity contribution is 8.17. The van der Waals surface area contributed by atoms with Gasteiger partial charge >= 0.3 is 23.9 Å². The van der Waals surface area contributed by atoms with Crippen molar-refractivity contribution in [2.45, 2.75) is 27.9 Å². The average molecular weight is 434 g/mol. The van der Waals surface area contributed by atoms with E-state index < -0.39 is 51.8 Å². The third-order valence-electron chi connectivity index (χ3n) is 3.32. The summed E-state index contributed by atoms with van der Waals surface area (Å²) in [6, 6.07) is 3.99. The molecule has 5 N–H and O–H groups in total. The van der Waals surface area contributed by atoms with Crippen molar-refractivity contribution >= 4 is 47.4 Å². The minimum absolute atomic E-state index is 0.0407. The number of aliphatic carboxylic acids is 4. The van der Waals surface area contributed by atoms with Crippen LogP contribution in [0.1, 0.15) is 23.0 Å². The summed E-state index contributed by atoms with van der Waals surface area (Å²) in [5, 5.41) is 43.3. The molecule has 0 fully saturated rings. The van der Waals surface area contributed by atoms with E-state index in [1.165, 1.54) is 25.3 Å². The Balaban J connectivity index is 3.28. The van der Waals surface area contributed by atoms with E-state index in [2.05, 4.69) is 0 Å². The zero-order valence-corrected chi connectivity index (χ0v) is 16.1. The molecule has 0 bridgehead atoms. The maximum Gasteiger partial charge on any atom is 0.317 e. The van der Waals surface area contributed by atoms with Gasteiger partial charge in [0.05, 0.1) is 24.5 Å². The van der Waals surface area contributed by atoms with Gasteiger partial charge in [-0.15, -0.1) is 23.5 Å². The fourth-order valence-electron chi connectivity index (χ4n) is 2.03. The molecule has 12 heteroatoms. The Labute approximate surface area is 167 Å². The second-order valence-corrected chi connectivity index (χ2v) is 8.31. The van der Waals surface area contributed by atoms with Crippen LogP contribution in [-0.4, -0.2) is 67.0 Å². The molecule has 0 aromatic heterocycles. The van der Waals surface area contributed by atoms with Crippen molar-refractivity contribution < 1.29 is 49.4 Å². The number of carbonyl (C=O) groups is 4. The van der Waals surface area contributed by atoms with Gasteiger partial charge in [-0.25, -0.2) is 0 Å². The van der Waals surface area contributed by atoms with Gasteiger partial charge in [0.25, 0.3) is 0 Å². The molecule has 0 saturated heterocycles. The molecule has 0 aliphatic rings. The average Bonchev–Trinajstić information content (AvgIpc) is 2.59. The largest absolute Gasteiger partial charge is 0.504 e. The number of hydrogen-bond acceptors (Lipinski definition) is 8. The van der Waals surface area contributed by atoms with Crippen LogP contribution in [0.25, 0.3) is 0 Å². The number of carboxylic acids is 4. The number of phenolic OH excluding ortho intramolecular Hbond substituents is 1. The highest BCUT2D eigenvalue weighted by Gasteiger charge is 2.32. The standard InChI is InChI=1S/C16H18O10S2/c1-26-9-4-7(2-3-8(9)17)16(27-10(14(22)23)5-12(18)19)28-11(15(24)25)6-13(20)21/h2-4,10-11,16-17H,5-6H2,1H3,(H,18,19)(H,20,21)(H,22,23)(H,24,25). The molecule has 1 aromatic carbocycles. The number of benzene rings is 1. The Bertz CT molecular complexity index is 715. The van der Waals surface area contributed by atoms with Crippen LogP contribution in [0.4, 0.5) is 0 Å². The topological polar surface area (TPSA) is 179 Å². The maximum absolute atomic E-state index is 11.4. The van der Waals surface area contributed by atoms with E-state index in [1.807, 2.05) is 0 Å². The number of aromatic hydroxyl groups is 1. The van der Waals surface area contributed by atoms with Crippen LogP contribution >= 0.6 is 23.5 Å². The number of carboxylic acid groups (broad SMARTS) is 4. The molecule has 0 aliphatic heterocycles. The lowest BCUT2D eigenvalue weighted by Crippen LogP contribution is -2.24. The smallest absolute Gasteiger partial charge is 0.317 e. The van der Waals surface area contributed by atoms with Gasteiger partial charge in [0.1, 0.15) is 10.5 Å². The summed E-state index contributed by atoms with van der Waals surface area (Å²) in [5.74, 6) is -5.69. The second-order valence-electron chi connectivity index (χ2n) is 5.38. The van der Waals surface area contributed by atoms with Gasteiger partial charge in [-0.2, -0.15) is 0 Å². The number of rotatable bonds is 12. The molecular weight excluding hydrogens is 416 g/mol. The van der Waals surface area contributed by atoms with E-state index in [0.717, 1.165) is 0 Å². The van der Waals surface area contributed by atoms with Crippen molar-refractivity contribution in [2.75, 3.05) is 7.11 Å². The summed E-state index contributed by atoms with van der Waals surface area (Å²) in [4.78, 5) is 44.7. The lowest BCUT2D eigenvalue weighted by molar-refractivity contribution is -0.143. The first kappa shape index (κ1) is 23.4. The van der Waals surface area contributed by atoms with Gasteiger partial charge in [0.15, 0.2) is 11.5 Å². The molecule has 10 nitrogen and oxygen atoms in total. The lowest BCUT2D eigenvalue weighted by Gasteiger charge is -2.23. The first-order valence-electron chi connectivity index (χ1n) is 7.62. The molecule has 0 saturated carbocycles. The molecule has 0 heterocycles. The summed E-state index contributed by atoms with van der Waals surface area (Å²) < 4.78 is 4.03. The quantitative estimate of drug-likeness (QED) is 0.301. The van der Waals surface area contributed by atoms with E-state index in [4.69, 9.17) is 14.9 Å². The van der Waals surface area contributed by atoms with Crippen LogP contribution in [0.15, 0.2) is 18.2 Å². The number of methoxy groups -OCH3 is 1. The maximum atomic E-state index is 11.4. The molecule has 0 amide bonds. The molecule has 28 heavy (non-hydrogen) atoms. The molecule has 0 radical (unpaired) electrons. The Morgan fingerprint density at radius 3 is 1.75 bits per heavy atom. The molecular formula is C16H18O10S2. The van der Waals surface area contributed by atoms with Gasteiger partial charge in [0, 0.05) is 0 Å². The second kappa shape index (κ2) is 10.7. The molecule has 2 atom stereocenters. The van der Waals surface area contributed by atoms with Crippen LogP contribution in [0.3, 0.4) is 0 Å². The third-order valence-corrected chi connectivity index (χ3v) is 6.42. The Hall–Kier alpha value is -2.60. The Kier molecular flexibility index (Phi) is 8.92. The normalized spacial score (nSPS) is 13.9. The highest BCUT2D eigenvalue weighted by Crippen LogP contribution is 2.47. The van der Waals surface area contributed by atoms with Crippen LogP contribution in [0, 0.1) is 0 Å². The van der Waals surface area contributed by atoms with Crippen molar-refractivity contribution in [2.24, 2.45) is 0 Å². The number of phenols is 1. The third kappa shape index (κ3) is 7.19. The van der Waals surface area contributed by atoms with E-state index in [-0.39, 0.29) is 11.5 Å². The minimum atomic E-state index is -1.41. The van der Waals surface area contributed by atoms with Gasteiger partial charge in [-0.1, -0.05) is 6.07 Å². The van der Waals surface area contributed by atoms with Crippen molar-refractivity contribution in [3.8, 4) is 11.5 Å². The van der Waals surface area contributed by atoms with E-state index in [9.17, 15) is 34.5 Å². The fourth-order valence-corrected chi connectivity index (χ4v) is 5.01. The van der Waals surface area contributed by atoms with Crippen LogP contribution in [0.2, 0.25) is 0 Å². The zero-order valence-electron chi connectivity index (χ0n) is 14.5. The van der Waals surface area contributed by atoms with Crippen LogP contribution in [-0.2, 0) is 19.2 Å². The van der Waals surface area contributed by atoms with E-state index in [1.54, 1.807) is 0 Å². The van der Waals surface area contributed by atoms with E-state index in [0.29, 0.717) is 29.1 Å². The Morgan fingerprint density at radius 2 is 1.39 bits per heavy atom. The Morgan fingerprint density at radius 1 is 0.929 bits per heavy atom.